The number of nitrogens with zero attached hydrogens (tertiary/aromatic N) is 2. The second kappa shape index (κ2) is 7.86. The SMILES string of the molecule is Cc1cc(NC(=O)CCNc2ccc(N3CCCCC3)cc2)no1. The van der Waals surface area contributed by atoms with Gasteiger partial charge in [0.1, 0.15) is 5.76 Å². The molecule has 6 nitrogen and oxygen atoms in total. The molecule has 128 valence electrons. The first-order chi connectivity index (χ1) is 11.7. The summed E-state index contributed by atoms with van der Waals surface area (Å²) >= 11 is 0. The lowest BCUT2D eigenvalue weighted by molar-refractivity contribution is -0.116. The van der Waals surface area contributed by atoms with Gasteiger partial charge >= 0.3 is 0 Å². The highest BCUT2D eigenvalue weighted by Crippen LogP contribution is 2.21. The highest BCUT2D eigenvalue weighted by Gasteiger charge is 2.10. The number of hydrogen-bond donors (Lipinski definition) is 2. The summed E-state index contributed by atoms with van der Waals surface area (Å²) in [6.45, 7) is 4.66. The Morgan fingerprint density at radius 1 is 1.21 bits per heavy atom. The highest BCUT2D eigenvalue weighted by atomic mass is 16.5. The van der Waals surface area contributed by atoms with Crippen LogP contribution >= 0.6 is 0 Å². The zero-order valence-corrected chi connectivity index (χ0v) is 14.0. The Kier molecular flexibility index (Phi) is 5.36. The summed E-state index contributed by atoms with van der Waals surface area (Å²) in [5, 5.41) is 9.73. The zero-order chi connectivity index (χ0) is 16.8. The summed E-state index contributed by atoms with van der Waals surface area (Å²) in [7, 11) is 0. The molecule has 0 unspecified atom stereocenters. The van der Waals surface area contributed by atoms with E-state index < -0.39 is 0 Å². The molecule has 1 aromatic carbocycles. The molecule has 1 aliphatic rings. The lowest BCUT2D eigenvalue weighted by Gasteiger charge is -2.28. The van der Waals surface area contributed by atoms with Crippen LogP contribution in [0.3, 0.4) is 0 Å². The fourth-order valence-corrected chi connectivity index (χ4v) is 2.89. The summed E-state index contributed by atoms with van der Waals surface area (Å²) in [6, 6.07) is 10.1. The van der Waals surface area contributed by atoms with Crippen LogP contribution in [0.5, 0.6) is 0 Å². The number of piperidine rings is 1. The molecule has 0 spiro atoms. The monoisotopic (exact) mass is 328 g/mol. The largest absolute Gasteiger partial charge is 0.385 e. The fourth-order valence-electron chi connectivity index (χ4n) is 2.89. The molecular weight excluding hydrogens is 304 g/mol. The quantitative estimate of drug-likeness (QED) is 0.850. The fraction of sp³-hybridized carbons (Fsp3) is 0.444. The van der Waals surface area contributed by atoms with E-state index in [0.717, 1.165) is 18.8 Å². The summed E-state index contributed by atoms with van der Waals surface area (Å²) in [4.78, 5) is 14.3. The van der Waals surface area contributed by atoms with Crippen LogP contribution in [-0.2, 0) is 4.79 Å². The number of carbonyl (C=O) groups is 1. The number of hydrogen-bond acceptors (Lipinski definition) is 5. The van der Waals surface area contributed by atoms with Gasteiger partial charge in [0.2, 0.25) is 5.91 Å². The molecule has 1 fully saturated rings. The van der Waals surface area contributed by atoms with Gasteiger partial charge in [-0.05, 0) is 50.5 Å². The van der Waals surface area contributed by atoms with E-state index in [1.165, 1.54) is 24.9 Å². The van der Waals surface area contributed by atoms with Crippen LogP contribution in [0.4, 0.5) is 17.2 Å². The number of aryl methyl sites for hydroxylation is 1. The Balaban J connectivity index is 1.42. The topological polar surface area (TPSA) is 70.4 Å². The second-order valence-corrected chi connectivity index (χ2v) is 6.14. The average Bonchev–Trinajstić information content (AvgIpc) is 3.01. The third-order valence-electron chi connectivity index (χ3n) is 4.17. The van der Waals surface area contributed by atoms with Crippen molar-refractivity contribution in [3.63, 3.8) is 0 Å². The van der Waals surface area contributed by atoms with Crippen LogP contribution in [0.25, 0.3) is 0 Å². The first-order valence-electron chi connectivity index (χ1n) is 8.53. The predicted molar refractivity (Wildman–Crippen MR) is 95.5 cm³/mol. The second-order valence-electron chi connectivity index (χ2n) is 6.14. The van der Waals surface area contributed by atoms with Gasteiger partial charge < -0.3 is 20.1 Å². The van der Waals surface area contributed by atoms with E-state index in [9.17, 15) is 4.79 Å². The molecular formula is C18H24N4O2. The Morgan fingerprint density at radius 3 is 2.62 bits per heavy atom. The van der Waals surface area contributed by atoms with Crippen LogP contribution in [0.2, 0.25) is 0 Å². The number of rotatable bonds is 6. The summed E-state index contributed by atoms with van der Waals surface area (Å²) in [5.41, 5.74) is 2.31. The normalized spacial score (nSPS) is 14.5. The number of anilines is 3. The Hall–Kier alpha value is -2.50. The van der Waals surface area contributed by atoms with Crippen molar-refractivity contribution in [3.8, 4) is 0 Å². The van der Waals surface area contributed by atoms with E-state index in [1.54, 1.807) is 13.0 Å². The van der Waals surface area contributed by atoms with E-state index in [-0.39, 0.29) is 5.91 Å². The van der Waals surface area contributed by atoms with Gasteiger partial charge in [-0.15, -0.1) is 0 Å². The van der Waals surface area contributed by atoms with E-state index in [2.05, 4.69) is 45.0 Å². The number of carbonyl (C=O) groups excluding carboxylic acids is 1. The standard InChI is InChI=1S/C18H24N4O2/c1-14-13-17(21-24-14)20-18(23)9-10-19-15-5-7-16(8-6-15)22-11-3-2-4-12-22/h5-8,13,19H,2-4,9-12H2,1H3,(H,20,21,23). The molecule has 0 aliphatic carbocycles. The molecule has 3 rings (SSSR count). The van der Waals surface area contributed by atoms with Crippen LogP contribution in [0.1, 0.15) is 31.4 Å². The van der Waals surface area contributed by atoms with Gasteiger partial charge in [0.25, 0.3) is 0 Å². The van der Waals surface area contributed by atoms with Crippen molar-refractivity contribution in [1.82, 2.24) is 5.16 Å². The van der Waals surface area contributed by atoms with Gasteiger partial charge in [-0.2, -0.15) is 0 Å². The van der Waals surface area contributed by atoms with Crippen LogP contribution in [0, 0.1) is 6.92 Å². The maximum atomic E-state index is 11.8. The van der Waals surface area contributed by atoms with Crippen LogP contribution in [-0.4, -0.2) is 30.7 Å². The van der Waals surface area contributed by atoms with Crippen molar-refractivity contribution >= 4 is 23.1 Å². The van der Waals surface area contributed by atoms with E-state index in [0.29, 0.717) is 24.5 Å². The molecule has 1 aromatic heterocycles. The first kappa shape index (κ1) is 16.4. The Labute approximate surface area is 142 Å². The van der Waals surface area contributed by atoms with Crippen molar-refractivity contribution in [2.45, 2.75) is 32.6 Å². The number of aromatic nitrogens is 1. The minimum Gasteiger partial charge on any atom is -0.385 e. The molecule has 2 aromatic rings. The smallest absolute Gasteiger partial charge is 0.227 e. The average molecular weight is 328 g/mol. The van der Waals surface area contributed by atoms with Gasteiger partial charge in [0.15, 0.2) is 5.82 Å². The van der Waals surface area contributed by atoms with Crippen molar-refractivity contribution in [2.24, 2.45) is 0 Å². The van der Waals surface area contributed by atoms with Crippen molar-refractivity contribution in [2.75, 3.05) is 35.2 Å². The van der Waals surface area contributed by atoms with Crippen molar-refractivity contribution in [3.05, 3.63) is 36.1 Å². The van der Waals surface area contributed by atoms with Crippen LogP contribution < -0.4 is 15.5 Å². The first-order valence-corrected chi connectivity index (χ1v) is 8.53. The van der Waals surface area contributed by atoms with Gasteiger partial charge in [0.05, 0.1) is 0 Å². The summed E-state index contributed by atoms with van der Waals surface area (Å²) in [5.74, 6) is 1.06. The molecule has 0 saturated carbocycles. The summed E-state index contributed by atoms with van der Waals surface area (Å²) in [6.07, 6.45) is 4.27. The molecule has 0 radical (unpaired) electrons. The van der Waals surface area contributed by atoms with E-state index in [1.807, 2.05) is 0 Å². The van der Waals surface area contributed by atoms with Gasteiger partial charge in [0, 0.05) is 43.5 Å². The van der Waals surface area contributed by atoms with Crippen LogP contribution in [0.15, 0.2) is 34.9 Å². The molecule has 2 N–H and O–H groups in total. The zero-order valence-electron chi connectivity index (χ0n) is 14.0. The summed E-state index contributed by atoms with van der Waals surface area (Å²) < 4.78 is 4.92. The molecule has 1 amide bonds. The van der Waals surface area contributed by atoms with E-state index in [4.69, 9.17) is 4.52 Å². The van der Waals surface area contributed by atoms with Gasteiger partial charge in [-0.3, -0.25) is 4.79 Å². The Bertz CT molecular complexity index is 660. The molecule has 1 aliphatic heterocycles. The molecule has 2 heterocycles. The molecule has 0 atom stereocenters. The number of nitrogens with one attached hydrogen (secondary N) is 2. The third kappa shape index (κ3) is 4.50. The number of benzene rings is 1. The van der Waals surface area contributed by atoms with Crippen molar-refractivity contribution in [1.29, 1.82) is 0 Å². The number of amides is 1. The predicted octanol–water partition coefficient (Wildman–Crippen LogP) is 3.41. The minimum atomic E-state index is -0.0827. The van der Waals surface area contributed by atoms with Gasteiger partial charge in [-0.25, -0.2) is 0 Å². The molecule has 0 bridgehead atoms. The molecule has 1 saturated heterocycles. The third-order valence-corrected chi connectivity index (χ3v) is 4.17. The minimum absolute atomic E-state index is 0.0827. The van der Waals surface area contributed by atoms with Gasteiger partial charge in [-0.1, -0.05) is 5.16 Å². The highest BCUT2D eigenvalue weighted by molar-refractivity contribution is 5.90. The van der Waals surface area contributed by atoms with Crippen molar-refractivity contribution < 1.29 is 9.32 Å². The Morgan fingerprint density at radius 2 is 1.96 bits per heavy atom. The van der Waals surface area contributed by atoms with E-state index >= 15 is 0 Å². The maximum absolute atomic E-state index is 11.8. The lowest BCUT2D eigenvalue weighted by Crippen LogP contribution is -2.29. The molecule has 6 heteroatoms. The molecule has 24 heavy (non-hydrogen) atoms. The maximum Gasteiger partial charge on any atom is 0.227 e. The lowest BCUT2D eigenvalue weighted by atomic mass is 10.1.